The summed E-state index contributed by atoms with van der Waals surface area (Å²) in [5.41, 5.74) is 1.99. The van der Waals surface area contributed by atoms with E-state index in [0.717, 1.165) is 29.0 Å². The molecule has 0 aromatic carbocycles. The lowest BCUT2D eigenvalue weighted by Crippen LogP contribution is -2.27. The highest BCUT2D eigenvalue weighted by atomic mass is 32.8. The first-order chi connectivity index (χ1) is 8.70. The number of pyridine rings is 1. The van der Waals surface area contributed by atoms with Crippen LogP contribution in [0.2, 0.25) is 0 Å². The minimum Gasteiger partial charge on any atom is -0.349 e. The first-order valence-corrected chi connectivity index (χ1v) is 8.22. The van der Waals surface area contributed by atoms with Crippen molar-refractivity contribution in [3.05, 3.63) is 28.3 Å². The van der Waals surface area contributed by atoms with Crippen molar-refractivity contribution >= 4 is 31.7 Å². The quantitative estimate of drug-likeness (QED) is 0.883. The standard InChI is InChI=1S/C12H12N2O2S2/c1-7-4-5-13-12-9(7)6-10(18(12)17-16)11(15)14-8-2-3-8/h4-6,8H,2-3H2,1H3,(H,14,15). The Hall–Kier alpha value is -1.27. The molecule has 1 aliphatic heterocycles. The fourth-order valence-corrected chi connectivity index (χ4v) is 4.42. The molecule has 0 radical (unpaired) electrons. The summed E-state index contributed by atoms with van der Waals surface area (Å²) in [6.07, 6.45) is 5.60. The fraction of sp³-hybridized carbons (Fsp3) is 0.333. The van der Waals surface area contributed by atoms with Crippen molar-refractivity contribution in [1.82, 2.24) is 10.3 Å². The van der Waals surface area contributed by atoms with Crippen LogP contribution in [-0.4, -0.2) is 21.1 Å². The van der Waals surface area contributed by atoms with Gasteiger partial charge in [-0.1, -0.05) is 0 Å². The molecule has 1 atom stereocenters. The van der Waals surface area contributed by atoms with Crippen LogP contribution >= 0.6 is 0 Å². The van der Waals surface area contributed by atoms with Crippen molar-refractivity contribution in [3.63, 3.8) is 0 Å². The van der Waals surface area contributed by atoms with Crippen LogP contribution in [0.4, 0.5) is 0 Å². The Morgan fingerprint density at radius 1 is 1.56 bits per heavy atom. The Kier molecular flexibility index (Phi) is 2.91. The van der Waals surface area contributed by atoms with Gasteiger partial charge in [0.05, 0.1) is 4.91 Å². The van der Waals surface area contributed by atoms with E-state index >= 15 is 0 Å². The number of nitrogens with one attached hydrogen (secondary N) is 1. The Labute approximate surface area is 110 Å². The second-order valence-corrected chi connectivity index (χ2v) is 7.35. The molecule has 0 saturated heterocycles. The number of hydrogen-bond donors (Lipinski definition) is 1. The van der Waals surface area contributed by atoms with Crippen molar-refractivity contribution < 1.29 is 9.00 Å². The largest absolute Gasteiger partial charge is 0.349 e. The molecular weight excluding hydrogens is 268 g/mol. The van der Waals surface area contributed by atoms with Crippen molar-refractivity contribution in [1.29, 1.82) is 0 Å². The van der Waals surface area contributed by atoms with Gasteiger partial charge in [-0.2, -0.15) is 0 Å². The van der Waals surface area contributed by atoms with Gasteiger partial charge in [-0.25, -0.2) is 9.19 Å². The summed E-state index contributed by atoms with van der Waals surface area (Å²) in [6.45, 7) is 1.97. The van der Waals surface area contributed by atoms with Gasteiger partial charge in [0.1, 0.15) is 15.3 Å². The number of aromatic nitrogens is 1. The van der Waals surface area contributed by atoms with Crippen LogP contribution in [-0.2, 0) is 24.5 Å². The molecule has 2 aliphatic rings. The summed E-state index contributed by atoms with van der Waals surface area (Å²) in [4.78, 5) is 16.9. The summed E-state index contributed by atoms with van der Waals surface area (Å²) in [6, 6.07) is 2.20. The second-order valence-electron chi connectivity index (χ2n) is 4.44. The zero-order chi connectivity index (χ0) is 12.7. The molecule has 0 spiro atoms. The van der Waals surface area contributed by atoms with E-state index in [1.54, 1.807) is 6.20 Å². The van der Waals surface area contributed by atoms with E-state index < -0.39 is 9.45 Å². The molecule has 1 saturated carbocycles. The van der Waals surface area contributed by atoms with Gasteiger partial charge in [-0.15, -0.1) is 0 Å². The lowest BCUT2D eigenvalue weighted by Gasteiger charge is -2.04. The molecule has 0 bridgehead atoms. The number of fused-ring (bicyclic) bond motifs is 1. The van der Waals surface area contributed by atoms with Crippen LogP contribution in [0.15, 0.2) is 22.2 Å². The van der Waals surface area contributed by atoms with Crippen LogP contribution in [0.3, 0.4) is 0 Å². The van der Waals surface area contributed by atoms with Gasteiger partial charge in [0.2, 0.25) is 0 Å². The molecule has 3 rings (SSSR count). The predicted molar refractivity (Wildman–Crippen MR) is 71.9 cm³/mol. The number of carbonyl (C=O) groups is 1. The molecule has 1 unspecified atom stereocenters. The third kappa shape index (κ3) is 1.95. The third-order valence-electron chi connectivity index (χ3n) is 3.03. The number of nitrogens with zero attached hydrogens (tertiary/aromatic N) is 1. The molecule has 94 valence electrons. The van der Waals surface area contributed by atoms with E-state index in [-0.39, 0.29) is 5.91 Å². The van der Waals surface area contributed by atoms with Gasteiger partial charge in [0, 0.05) is 17.8 Å². The van der Waals surface area contributed by atoms with Gasteiger partial charge in [-0.3, -0.25) is 4.79 Å². The average Bonchev–Trinajstić information content (AvgIpc) is 3.07. The number of amides is 1. The molecular formula is C12H12N2O2S2. The highest BCUT2D eigenvalue weighted by molar-refractivity contribution is 8.34. The Morgan fingerprint density at radius 3 is 3.00 bits per heavy atom. The van der Waals surface area contributed by atoms with Crippen molar-refractivity contribution in [3.8, 4) is 0 Å². The average molecular weight is 280 g/mol. The Morgan fingerprint density at radius 2 is 2.33 bits per heavy atom. The number of carbonyl (C=O) groups excluding carboxylic acids is 1. The number of rotatable bonds is 2. The van der Waals surface area contributed by atoms with Crippen LogP contribution in [0.5, 0.6) is 0 Å². The summed E-state index contributed by atoms with van der Waals surface area (Å²) in [5, 5.41) is 3.68. The fourth-order valence-electron chi connectivity index (χ4n) is 1.86. The van der Waals surface area contributed by atoms with Gasteiger partial charge in [-0.05, 0) is 46.9 Å². The normalized spacial score (nSPS) is 21.2. The Balaban J connectivity index is 2.02. The molecule has 1 amide bonds. The van der Waals surface area contributed by atoms with Crippen molar-refractivity contribution in [2.45, 2.75) is 30.8 Å². The van der Waals surface area contributed by atoms with Gasteiger partial charge < -0.3 is 5.32 Å². The topological polar surface area (TPSA) is 59.1 Å². The molecule has 1 aliphatic carbocycles. The molecule has 2 heterocycles. The van der Waals surface area contributed by atoms with E-state index in [9.17, 15) is 9.00 Å². The molecule has 1 fully saturated rings. The Bertz CT molecular complexity index is 629. The summed E-state index contributed by atoms with van der Waals surface area (Å²) >= 11 is 0. The first kappa shape index (κ1) is 11.8. The monoisotopic (exact) mass is 280 g/mol. The van der Waals surface area contributed by atoms with E-state index in [4.69, 9.17) is 0 Å². The van der Waals surface area contributed by atoms with E-state index in [1.807, 2.05) is 19.1 Å². The van der Waals surface area contributed by atoms with Crippen LogP contribution in [0.25, 0.3) is 6.08 Å². The van der Waals surface area contributed by atoms with E-state index in [1.165, 1.54) is 0 Å². The van der Waals surface area contributed by atoms with Crippen molar-refractivity contribution in [2.24, 2.45) is 0 Å². The summed E-state index contributed by atoms with van der Waals surface area (Å²) < 4.78 is 11.3. The molecule has 1 aromatic rings. The molecule has 1 N–H and O–H groups in total. The molecule has 18 heavy (non-hydrogen) atoms. The van der Waals surface area contributed by atoms with Gasteiger partial charge >= 0.3 is 0 Å². The van der Waals surface area contributed by atoms with Gasteiger partial charge in [0.15, 0.2) is 0 Å². The highest BCUT2D eigenvalue weighted by Crippen LogP contribution is 2.31. The van der Waals surface area contributed by atoms with Crippen LogP contribution in [0.1, 0.15) is 24.0 Å². The summed E-state index contributed by atoms with van der Waals surface area (Å²) in [7, 11) is -0.323. The maximum atomic E-state index is 12.1. The lowest BCUT2D eigenvalue weighted by atomic mass is 10.1. The first-order valence-electron chi connectivity index (χ1n) is 5.73. The SMILES string of the molecule is Cc1ccnc2c1C=C(C(=O)NC1CC1)S2=S=O. The predicted octanol–water partition coefficient (Wildman–Crippen LogP) is 1.13. The number of hydrogen-bond acceptors (Lipinski definition) is 3. The van der Waals surface area contributed by atoms with E-state index in [2.05, 4.69) is 10.3 Å². The highest BCUT2D eigenvalue weighted by Gasteiger charge is 2.30. The van der Waals surface area contributed by atoms with Crippen LogP contribution < -0.4 is 5.32 Å². The maximum absolute atomic E-state index is 12.1. The molecule has 1 aromatic heterocycles. The third-order valence-corrected chi connectivity index (χ3v) is 5.96. The van der Waals surface area contributed by atoms with Gasteiger partial charge in [0.25, 0.3) is 5.91 Å². The maximum Gasteiger partial charge on any atom is 0.258 e. The minimum absolute atomic E-state index is 0.110. The smallest absolute Gasteiger partial charge is 0.258 e. The summed E-state index contributed by atoms with van der Waals surface area (Å²) in [5.74, 6) is -0.110. The molecule has 4 nitrogen and oxygen atoms in total. The second kappa shape index (κ2) is 4.44. The zero-order valence-electron chi connectivity index (χ0n) is 9.80. The minimum atomic E-state index is -0.777. The van der Waals surface area contributed by atoms with Crippen molar-refractivity contribution in [2.75, 3.05) is 0 Å². The number of aryl methyl sites for hydroxylation is 1. The lowest BCUT2D eigenvalue weighted by molar-refractivity contribution is -0.116. The zero-order valence-corrected chi connectivity index (χ0v) is 11.4. The van der Waals surface area contributed by atoms with E-state index in [0.29, 0.717) is 21.2 Å². The molecule has 6 heteroatoms. The van der Waals surface area contributed by atoms with Crippen LogP contribution in [0, 0.1) is 6.92 Å².